The van der Waals surface area contributed by atoms with E-state index in [-0.39, 0.29) is 0 Å². The Morgan fingerprint density at radius 2 is 2.00 bits per heavy atom. The molecule has 0 amide bonds. The summed E-state index contributed by atoms with van der Waals surface area (Å²) in [5.41, 5.74) is 0. The summed E-state index contributed by atoms with van der Waals surface area (Å²) in [6, 6.07) is 0. The smallest absolute Gasteiger partial charge is 0.313 e. The molecule has 0 aliphatic rings. The molecule has 1 unspecified atom stereocenters. The van der Waals surface area contributed by atoms with Crippen molar-refractivity contribution in [1.82, 2.24) is 0 Å². The average molecular weight is 134 g/mol. The summed E-state index contributed by atoms with van der Waals surface area (Å²) in [4.78, 5) is 10.3. The van der Waals surface area contributed by atoms with Crippen molar-refractivity contribution in [3.63, 3.8) is 0 Å². The van der Waals surface area contributed by atoms with Gasteiger partial charge in [0.2, 0.25) is 0 Å². The molecule has 0 aromatic heterocycles. The molecule has 8 heavy (non-hydrogen) atoms. The lowest BCUT2D eigenvalue weighted by atomic mass is 10.2. The molecule has 0 fully saturated rings. The van der Waals surface area contributed by atoms with Crippen LogP contribution in [-0.4, -0.2) is 22.9 Å². The zero-order valence-electron chi connectivity index (χ0n) is 5.36. The van der Waals surface area contributed by atoms with Crippen molar-refractivity contribution in [1.29, 1.82) is 0 Å². The highest BCUT2D eigenvalue weighted by molar-refractivity contribution is 7.40. The second-order valence-corrected chi connectivity index (χ2v) is 3.93. The molecule has 1 N–H and O–H groups in total. The van der Waals surface area contributed by atoms with E-state index in [1.165, 1.54) is 0 Å². The minimum Gasteiger partial charge on any atom is -0.481 e. The Labute approximate surface area is 51.1 Å². The Kier molecular flexibility index (Phi) is 2.42. The molecule has 0 aromatic rings. The van der Waals surface area contributed by atoms with Crippen LogP contribution < -0.4 is 0 Å². The van der Waals surface area contributed by atoms with E-state index in [0.717, 1.165) is 0 Å². The third-order valence-corrected chi connectivity index (χ3v) is 2.62. The van der Waals surface area contributed by atoms with Crippen LogP contribution in [0.4, 0.5) is 0 Å². The highest BCUT2D eigenvalue weighted by Gasteiger charge is 2.23. The Balaban J connectivity index is 3.91. The fourth-order valence-corrected chi connectivity index (χ4v) is 0.321. The monoisotopic (exact) mass is 134 g/mol. The van der Waals surface area contributed by atoms with Crippen molar-refractivity contribution in [3.05, 3.63) is 0 Å². The third kappa shape index (κ3) is 1.79. The Bertz CT molecular complexity index is 98.6. The Morgan fingerprint density at radius 1 is 1.62 bits per heavy atom. The van der Waals surface area contributed by atoms with E-state index >= 15 is 0 Å². The topological polar surface area (TPSA) is 37.3 Å². The summed E-state index contributed by atoms with van der Waals surface area (Å²) in [7, 11) is 0.465. The van der Waals surface area contributed by atoms with Gasteiger partial charge >= 0.3 is 5.97 Å². The van der Waals surface area contributed by atoms with Gasteiger partial charge in [-0.05, 0) is 20.5 Å². The van der Waals surface area contributed by atoms with E-state index in [4.69, 9.17) is 5.11 Å². The van der Waals surface area contributed by atoms with Gasteiger partial charge in [-0.3, -0.25) is 4.79 Å². The first-order chi connectivity index (χ1) is 3.50. The molecule has 0 saturated carbocycles. The number of carboxylic acids is 1. The fraction of sp³-hybridized carbons (Fsp3) is 0.800. The van der Waals surface area contributed by atoms with Crippen molar-refractivity contribution in [2.75, 3.05) is 6.66 Å². The van der Waals surface area contributed by atoms with Crippen molar-refractivity contribution in [3.8, 4) is 0 Å². The molecular formula is C5H11O2P. The minimum atomic E-state index is -0.710. The molecule has 0 spiro atoms. The van der Waals surface area contributed by atoms with Gasteiger partial charge in [0.25, 0.3) is 0 Å². The van der Waals surface area contributed by atoms with Crippen LogP contribution in [0.15, 0.2) is 0 Å². The second kappa shape index (κ2) is 2.45. The van der Waals surface area contributed by atoms with Gasteiger partial charge < -0.3 is 5.11 Å². The maximum atomic E-state index is 10.3. The number of aliphatic carboxylic acids is 1. The van der Waals surface area contributed by atoms with Gasteiger partial charge in [0.1, 0.15) is 0 Å². The Morgan fingerprint density at radius 3 is 2.00 bits per heavy atom. The molecule has 2 nitrogen and oxygen atoms in total. The lowest BCUT2D eigenvalue weighted by molar-refractivity contribution is -0.139. The van der Waals surface area contributed by atoms with Crippen LogP contribution in [0.1, 0.15) is 13.8 Å². The zero-order chi connectivity index (χ0) is 6.78. The fourth-order valence-electron chi connectivity index (χ4n) is 0.107. The van der Waals surface area contributed by atoms with Gasteiger partial charge in [-0.2, -0.15) is 0 Å². The molecule has 0 aliphatic carbocycles. The second-order valence-electron chi connectivity index (χ2n) is 2.18. The van der Waals surface area contributed by atoms with Crippen LogP contribution >= 0.6 is 8.58 Å². The first-order valence-electron chi connectivity index (χ1n) is 2.43. The normalized spacial score (nSPS) is 12.9. The highest BCUT2D eigenvalue weighted by Crippen LogP contribution is 2.26. The van der Waals surface area contributed by atoms with E-state index in [1.54, 1.807) is 13.8 Å². The van der Waals surface area contributed by atoms with Gasteiger partial charge in [-0.25, -0.2) is 0 Å². The quantitative estimate of drug-likeness (QED) is 0.575. The van der Waals surface area contributed by atoms with Crippen LogP contribution in [0.3, 0.4) is 0 Å². The maximum Gasteiger partial charge on any atom is 0.313 e. The van der Waals surface area contributed by atoms with Gasteiger partial charge in [-0.1, -0.05) is 0 Å². The lowest BCUT2D eigenvalue weighted by Crippen LogP contribution is -2.24. The van der Waals surface area contributed by atoms with E-state index in [9.17, 15) is 4.79 Å². The number of carbonyl (C=O) groups is 1. The molecule has 0 aliphatic heterocycles. The Hall–Kier alpha value is -0.100. The molecule has 1 atom stereocenters. The third-order valence-electron chi connectivity index (χ3n) is 1.16. The largest absolute Gasteiger partial charge is 0.481 e. The highest BCUT2D eigenvalue weighted by atomic mass is 31.1. The van der Waals surface area contributed by atoms with Crippen LogP contribution in [0.5, 0.6) is 0 Å². The number of hydrogen-bond donors (Lipinski definition) is 1. The first kappa shape index (κ1) is 7.90. The van der Waals surface area contributed by atoms with E-state index in [2.05, 4.69) is 0 Å². The molecule has 3 heteroatoms. The first-order valence-corrected chi connectivity index (χ1v) is 3.93. The number of hydrogen-bond acceptors (Lipinski definition) is 1. The SMILES string of the molecule is CPC(C)(C)C(=O)O. The molecular weight excluding hydrogens is 123 g/mol. The predicted molar refractivity (Wildman–Crippen MR) is 36.0 cm³/mol. The van der Waals surface area contributed by atoms with E-state index < -0.39 is 11.1 Å². The van der Waals surface area contributed by atoms with E-state index in [1.807, 2.05) is 6.66 Å². The van der Waals surface area contributed by atoms with Gasteiger partial charge in [0.15, 0.2) is 0 Å². The van der Waals surface area contributed by atoms with Crippen LogP contribution in [0.25, 0.3) is 0 Å². The summed E-state index contributed by atoms with van der Waals surface area (Å²) in [5.74, 6) is -0.710. The van der Waals surface area contributed by atoms with Crippen molar-refractivity contribution >= 4 is 14.6 Å². The van der Waals surface area contributed by atoms with Gasteiger partial charge in [0.05, 0.1) is 5.16 Å². The van der Waals surface area contributed by atoms with Crippen LogP contribution in [0, 0.1) is 0 Å². The zero-order valence-corrected chi connectivity index (χ0v) is 6.36. The number of rotatable bonds is 2. The molecule has 0 saturated heterocycles. The standard InChI is InChI=1S/C5H11O2P/c1-5(2,8-3)4(6)7/h8H,1-3H3,(H,6,7). The van der Waals surface area contributed by atoms with Crippen LogP contribution in [0.2, 0.25) is 0 Å². The molecule has 0 rings (SSSR count). The summed E-state index contributed by atoms with van der Waals surface area (Å²) >= 11 is 0. The van der Waals surface area contributed by atoms with Crippen molar-refractivity contribution in [2.24, 2.45) is 0 Å². The summed E-state index contributed by atoms with van der Waals surface area (Å²) in [6.07, 6.45) is 0. The average Bonchev–Trinajstić information content (AvgIpc) is 1.67. The molecule has 0 bridgehead atoms. The van der Waals surface area contributed by atoms with Gasteiger partial charge in [-0.15, -0.1) is 8.58 Å². The maximum absolute atomic E-state index is 10.3. The van der Waals surface area contributed by atoms with E-state index in [0.29, 0.717) is 8.58 Å². The molecule has 0 radical (unpaired) electrons. The number of carboxylic acid groups (broad SMARTS) is 1. The summed E-state index contributed by atoms with van der Waals surface area (Å²) < 4.78 is 0. The molecule has 48 valence electrons. The van der Waals surface area contributed by atoms with Crippen molar-refractivity contribution < 1.29 is 9.90 Å². The molecule has 0 aromatic carbocycles. The summed E-state index contributed by atoms with van der Waals surface area (Å²) in [6.45, 7) is 5.36. The van der Waals surface area contributed by atoms with Gasteiger partial charge in [0, 0.05) is 0 Å². The summed E-state index contributed by atoms with van der Waals surface area (Å²) in [5, 5.41) is 7.93. The predicted octanol–water partition coefficient (Wildman–Crippen LogP) is 1.16. The van der Waals surface area contributed by atoms with Crippen molar-refractivity contribution in [2.45, 2.75) is 19.0 Å². The lowest BCUT2D eigenvalue weighted by Gasteiger charge is -2.14. The van der Waals surface area contributed by atoms with Crippen LogP contribution in [-0.2, 0) is 4.79 Å². The minimum absolute atomic E-state index is 0.465. The molecule has 0 heterocycles.